The van der Waals surface area contributed by atoms with Crippen LogP contribution in [0.1, 0.15) is 17.7 Å². The molecule has 1 fully saturated rings. The van der Waals surface area contributed by atoms with Crippen LogP contribution in [0.5, 0.6) is 0 Å². The van der Waals surface area contributed by atoms with Crippen LogP contribution in [0.15, 0.2) is 17.5 Å². The summed E-state index contributed by atoms with van der Waals surface area (Å²) in [5, 5.41) is 5.26. The first-order chi connectivity index (χ1) is 8.66. The van der Waals surface area contributed by atoms with Crippen molar-refractivity contribution in [3.63, 3.8) is 0 Å². The molecule has 0 unspecified atom stereocenters. The zero-order chi connectivity index (χ0) is 12.8. The summed E-state index contributed by atoms with van der Waals surface area (Å²) >= 11 is 1.67. The molecule has 6 heteroatoms. The third kappa shape index (κ3) is 4.68. The van der Waals surface area contributed by atoms with Gasteiger partial charge in [-0.1, -0.05) is 6.07 Å². The van der Waals surface area contributed by atoms with Crippen molar-refractivity contribution in [2.24, 2.45) is 5.92 Å². The van der Waals surface area contributed by atoms with Crippen LogP contribution in [0.4, 0.5) is 0 Å². The van der Waals surface area contributed by atoms with Gasteiger partial charge < -0.3 is 5.32 Å². The van der Waals surface area contributed by atoms with E-state index in [1.54, 1.807) is 11.3 Å². The number of nitrogens with one attached hydrogen (secondary N) is 2. The molecule has 0 radical (unpaired) electrons. The van der Waals surface area contributed by atoms with E-state index in [9.17, 15) is 8.42 Å². The number of hydrogen-bond donors (Lipinski definition) is 2. The van der Waals surface area contributed by atoms with Crippen LogP contribution in [0.2, 0.25) is 0 Å². The van der Waals surface area contributed by atoms with E-state index in [0.29, 0.717) is 12.5 Å². The predicted octanol–water partition coefficient (Wildman–Crippen LogP) is 1.21. The quantitative estimate of drug-likeness (QED) is 0.827. The zero-order valence-corrected chi connectivity index (χ0v) is 12.0. The van der Waals surface area contributed by atoms with Gasteiger partial charge >= 0.3 is 0 Å². The number of sulfonamides is 1. The van der Waals surface area contributed by atoms with Gasteiger partial charge in [0.05, 0.1) is 5.75 Å². The number of piperidine rings is 1. The van der Waals surface area contributed by atoms with Crippen LogP contribution in [0.25, 0.3) is 0 Å². The molecule has 0 aliphatic carbocycles. The van der Waals surface area contributed by atoms with Gasteiger partial charge in [0.1, 0.15) is 0 Å². The first-order valence-electron chi connectivity index (χ1n) is 6.36. The second-order valence-electron chi connectivity index (χ2n) is 4.70. The van der Waals surface area contributed by atoms with E-state index in [-0.39, 0.29) is 5.75 Å². The van der Waals surface area contributed by atoms with Gasteiger partial charge in [-0.2, -0.15) is 0 Å². The highest BCUT2D eigenvalue weighted by molar-refractivity contribution is 7.89. The Balaban J connectivity index is 1.73. The maximum atomic E-state index is 11.9. The average Bonchev–Trinajstić information content (AvgIpc) is 2.82. The van der Waals surface area contributed by atoms with E-state index in [1.165, 1.54) is 4.88 Å². The first kappa shape index (κ1) is 14.0. The Morgan fingerprint density at radius 1 is 1.39 bits per heavy atom. The lowest BCUT2D eigenvalue weighted by Gasteiger charge is -2.22. The van der Waals surface area contributed by atoms with Gasteiger partial charge in [0.2, 0.25) is 10.0 Å². The molecular formula is C12H20N2O2S2. The van der Waals surface area contributed by atoms with Crippen LogP contribution in [0.3, 0.4) is 0 Å². The van der Waals surface area contributed by atoms with Crippen molar-refractivity contribution >= 4 is 21.4 Å². The largest absolute Gasteiger partial charge is 0.317 e. The van der Waals surface area contributed by atoms with E-state index in [4.69, 9.17) is 0 Å². The second-order valence-corrected chi connectivity index (χ2v) is 7.58. The van der Waals surface area contributed by atoms with Crippen molar-refractivity contribution in [2.75, 3.05) is 25.4 Å². The standard InChI is InChI=1S/C12H20N2O2S2/c15-18(16,10-11-3-6-13-7-4-11)14-8-5-12-2-1-9-17-12/h1-2,9,11,13-14H,3-8,10H2. The van der Waals surface area contributed by atoms with Gasteiger partial charge in [-0.25, -0.2) is 13.1 Å². The van der Waals surface area contributed by atoms with Crippen molar-refractivity contribution < 1.29 is 8.42 Å². The lowest BCUT2D eigenvalue weighted by molar-refractivity contribution is 0.400. The smallest absolute Gasteiger partial charge is 0.211 e. The maximum absolute atomic E-state index is 11.9. The number of thiophene rings is 1. The summed E-state index contributed by atoms with van der Waals surface area (Å²) in [4.78, 5) is 1.22. The Morgan fingerprint density at radius 3 is 2.83 bits per heavy atom. The predicted molar refractivity (Wildman–Crippen MR) is 75.4 cm³/mol. The molecule has 2 heterocycles. The Kier molecular flexibility index (Phi) is 5.17. The fourth-order valence-electron chi connectivity index (χ4n) is 2.20. The highest BCUT2D eigenvalue weighted by atomic mass is 32.2. The molecule has 2 N–H and O–H groups in total. The van der Waals surface area contributed by atoms with Crippen LogP contribution >= 0.6 is 11.3 Å². The van der Waals surface area contributed by atoms with E-state index in [1.807, 2.05) is 17.5 Å². The van der Waals surface area contributed by atoms with Crippen LogP contribution < -0.4 is 10.0 Å². The molecule has 18 heavy (non-hydrogen) atoms. The molecule has 1 aliphatic rings. The summed E-state index contributed by atoms with van der Waals surface area (Å²) < 4.78 is 26.5. The normalized spacial score (nSPS) is 18.0. The fraction of sp³-hybridized carbons (Fsp3) is 0.667. The highest BCUT2D eigenvalue weighted by Gasteiger charge is 2.20. The maximum Gasteiger partial charge on any atom is 0.211 e. The molecule has 1 aliphatic heterocycles. The van der Waals surface area contributed by atoms with Gasteiger partial charge in [0, 0.05) is 11.4 Å². The lowest BCUT2D eigenvalue weighted by Crippen LogP contribution is -2.36. The van der Waals surface area contributed by atoms with E-state index in [0.717, 1.165) is 32.4 Å². The molecule has 0 bridgehead atoms. The Hall–Kier alpha value is -0.430. The van der Waals surface area contributed by atoms with Crippen molar-refractivity contribution in [3.8, 4) is 0 Å². The van der Waals surface area contributed by atoms with Crippen molar-refractivity contribution in [2.45, 2.75) is 19.3 Å². The number of hydrogen-bond acceptors (Lipinski definition) is 4. The van der Waals surface area contributed by atoms with Gasteiger partial charge in [0.25, 0.3) is 0 Å². The second kappa shape index (κ2) is 6.65. The van der Waals surface area contributed by atoms with Gasteiger partial charge in [-0.15, -0.1) is 11.3 Å². The Bertz CT molecular complexity index is 437. The molecular weight excluding hydrogens is 268 g/mol. The minimum atomic E-state index is -3.11. The summed E-state index contributed by atoms with van der Waals surface area (Å²) in [6.07, 6.45) is 2.71. The molecule has 0 spiro atoms. The topological polar surface area (TPSA) is 58.2 Å². The molecule has 1 saturated heterocycles. The minimum absolute atomic E-state index is 0.277. The molecule has 0 atom stereocenters. The van der Waals surface area contributed by atoms with E-state index >= 15 is 0 Å². The van der Waals surface area contributed by atoms with Gasteiger partial charge in [0.15, 0.2) is 0 Å². The average molecular weight is 288 g/mol. The highest BCUT2D eigenvalue weighted by Crippen LogP contribution is 2.14. The number of rotatable bonds is 6. The lowest BCUT2D eigenvalue weighted by atomic mass is 10.0. The van der Waals surface area contributed by atoms with Crippen molar-refractivity contribution in [3.05, 3.63) is 22.4 Å². The fourth-order valence-corrected chi connectivity index (χ4v) is 4.40. The molecule has 0 saturated carbocycles. The molecule has 1 aromatic rings. The van der Waals surface area contributed by atoms with Crippen LogP contribution in [-0.4, -0.2) is 33.8 Å². The van der Waals surface area contributed by atoms with Gasteiger partial charge in [-0.3, -0.25) is 0 Å². The molecule has 102 valence electrons. The molecule has 0 amide bonds. The van der Waals surface area contributed by atoms with Crippen molar-refractivity contribution in [1.82, 2.24) is 10.0 Å². The third-order valence-corrected chi connectivity index (χ3v) is 5.68. The Morgan fingerprint density at radius 2 is 2.17 bits per heavy atom. The van der Waals surface area contributed by atoms with Crippen LogP contribution in [0, 0.1) is 5.92 Å². The minimum Gasteiger partial charge on any atom is -0.317 e. The summed E-state index contributed by atoms with van der Waals surface area (Å²) in [6.45, 7) is 2.39. The molecule has 2 rings (SSSR count). The van der Waals surface area contributed by atoms with Crippen LogP contribution in [-0.2, 0) is 16.4 Å². The Labute approximate surface area is 113 Å². The summed E-state index contributed by atoms with van der Waals surface area (Å²) in [5.74, 6) is 0.588. The third-order valence-electron chi connectivity index (χ3n) is 3.19. The summed E-state index contributed by atoms with van der Waals surface area (Å²) in [5.41, 5.74) is 0. The monoisotopic (exact) mass is 288 g/mol. The molecule has 4 nitrogen and oxygen atoms in total. The first-order valence-corrected chi connectivity index (χ1v) is 8.89. The van der Waals surface area contributed by atoms with Crippen molar-refractivity contribution in [1.29, 1.82) is 0 Å². The zero-order valence-electron chi connectivity index (χ0n) is 10.4. The summed E-state index contributed by atoms with van der Waals surface area (Å²) in [6, 6.07) is 4.02. The molecule has 0 aromatic carbocycles. The summed E-state index contributed by atoms with van der Waals surface area (Å²) in [7, 11) is -3.11. The van der Waals surface area contributed by atoms with Gasteiger partial charge in [-0.05, 0) is 49.7 Å². The van der Waals surface area contributed by atoms with E-state index < -0.39 is 10.0 Å². The van der Waals surface area contributed by atoms with E-state index in [2.05, 4.69) is 10.0 Å². The molecule has 1 aromatic heterocycles. The SMILES string of the molecule is O=S(=O)(CC1CCNCC1)NCCc1cccs1.